The molecule has 0 aromatic carbocycles. The molecule has 1 N–H and O–H groups in total. The van der Waals surface area contributed by atoms with Gasteiger partial charge >= 0.3 is 0 Å². The maximum Gasteiger partial charge on any atom is 0.144 e. The summed E-state index contributed by atoms with van der Waals surface area (Å²) in [4.78, 5) is 4.63. The van der Waals surface area contributed by atoms with E-state index < -0.39 is 0 Å². The number of hydrogen-bond donors (Lipinski definition) is 1. The largest absolute Gasteiger partial charge is 0.369 e. The molecule has 2 rings (SSSR count). The molecule has 0 saturated heterocycles. The van der Waals surface area contributed by atoms with Gasteiger partial charge in [0.15, 0.2) is 0 Å². The van der Waals surface area contributed by atoms with Crippen molar-refractivity contribution in [3.63, 3.8) is 0 Å². The highest BCUT2D eigenvalue weighted by atomic mass is 15.0. The molecule has 90 valence electrons. The Balaban J connectivity index is 2.21. The Hall–Kier alpha value is -1.56. The number of nitrogens with zero attached hydrogens (tertiary/aromatic N) is 2. The van der Waals surface area contributed by atoms with Crippen LogP contribution in [0.25, 0.3) is 0 Å². The van der Waals surface area contributed by atoms with E-state index in [-0.39, 0.29) is 0 Å². The predicted octanol–water partition coefficient (Wildman–Crippen LogP) is 3.43. The first-order valence-electron chi connectivity index (χ1n) is 6.50. The number of nitrogens with one attached hydrogen (secondary N) is 1. The number of nitriles is 1. The third kappa shape index (κ3) is 2.76. The zero-order valence-electron chi connectivity index (χ0n) is 10.4. The molecule has 1 aliphatic rings. The van der Waals surface area contributed by atoms with Gasteiger partial charge < -0.3 is 5.32 Å². The Morgan fingerprint density at radius 2 is 2.18 bits per heavy atom. The molecule has 17 heavy (non-hydrogen) atoms. The Labute approximate surface area is 103 Å². The maximum atomic E-state index is 9.04. The van der Waals surface area contributed by atoms with Crippen LogP contribution in [0.15, 0.2) is 12.1 Å². The summed E-state index contributed by atoms with van der Waals surface area (Å²) in [6, 6.07) is 6.12. The van der Waals surface area contributed by atoms with E-state index in [1.807, 2.05) is 12.1 Å². The second kappa shape index (κ2) is 5.67. The van der Waals surface area contributed by atoms with Crippen LogP contribution in [0.3, 0.4) is 0 Å². The highest BCUT2D eigenvalue weighted by Crippen LogP contribution is 2.33. The van der Waals surface area contributed by atoms with E-state index in [4.69, 9.17) is 5.26 Å². The standard InChI is InChI=1S/C14H19N3/c1-2-9-16-14-12(10-15)7-8-13(17-14)11-5-3-4-6-11/h7-8,11H,2-6,9H2,1H3,(H,16,17). The molecule has 3 nitrogen and oxygen atoms in total. The summed E-state index contributed by atoms with van der Waals surface area (Å²) >= 11 is 0. The molecule has 1 heterocycles. The molecule has 0 aliphatic heterocycles. The molecular formula is C14H19N3. The molecule has 3 heteroatoms. The van der Waals surface area contributed by atoms with Crippen LogP contribution < -0.4 is 5.32 Å². The zero-order valence-corrected chi connectivity index (χ0v) is 10.4. The third-order valence-corrected chi connectivity index (χ3v) is 3.35. The van der Waals surface area contributed by atoms with Crippen LogP contribution in [0, 0.1) is 11.3 Å². The van der Waals surface area contributed by atoms with Gasteiger partial charge in [0, 0.05) is 18.2 Å². The topological polar surface area (TPSA) is 48.7 Å². The van der Waals surface area contributed by atoms with E-state index in [0.717, 1.165) is 24.5 Å². The first kappa shape index (κ1) is 11.9. The summed E-state index contributed by atoms with van der Waals surface area (Å²) in [7, 11) is 0. The van der Waals surface area contributed by atoms with Crippen molar-refractivity contribution >= 4 is 5.82 Å². The summed E-state index contributed by atoms with van der Waals surface area (Å²) in [6.07, 6.45) is 6.15. The van der Waals surface area contributed by atoms with Crippen LogP contribution in [0.4, 0.5) is 5.82 Å². The average Bonchev–Trinajstić information content (AvgIpc) is 2.89. The van der Waals surface area contributed by atoms with E-state index in [9.17, 15) is 0 Å². The Morgan fingerprint density at radius 3 is 2.82 bits per heavy atom. The minimum absolute atomic E-state index is 0.602. The van der Waals surface area contributed by atoms with Crippen molar-refractivity contribution in [1.29, 1.82) is 5.26 Å². The van der Waals surface area contributed by atoms with E-state index in [0.29, 0.717) is 11.5 Å². The fourth-order valence-corrected chi connectivity index (χ4v) is 2.39. The normalized spacial score (nSPS) is 15.8. The molecule has 0 atom stereocenters. The van der Waals surface area contributed by atoms with E-state index in [1.165, 1.54) is 25.7 Å². The van der Waals surface area contributed by atoms with Crippen molar-refractivity contribution in [2.75, 3.05) is 11.9 Å². The van der Waals surface area contributed by atoms with Crippen LogP contribution in [-0.2, 0) is 0 Å². The summed E-state index contributed by atoms with van der Waals surface area (Å²) in [5, 5.41) is 12.3. The van der Waals surface area contributed by atoms with E-state index in [1.54, 1.807) is 0 Å². The fourth-order valence-electron chi connectivity index (χ4n) is 2.39. The average molecular weight is 229 g/mol. The van der Waals surface area contributed by atoms with Gasteiger partial charge in [0.2, 0.25) is 0 Å². The molecule has 1 saturated carbocycles. The second-order valence-electron chi connectivity index (χ2n) is 4.65. The molecule has 0 bridgehead atoms. The minimum atomic E-state index is 0.602. The van der Waals surface area contributed by atoms with Crippen molar-refractivity contribution in [3.8, 4) is 6.07 Å². The molecule has 0 spiro atoms. The van der Waals surface area contributed by atoms with Gasteiger partial charge in [0.1, 0.15) is 11.9 Å². The molecule has 1 aliphatic carbocycles. The molecule has 0 radical (unpaired) electrons. The van der Waals surface area contributed by atoms with Crippen molar-refractivity contribution in [1.82, 2.24) is 4.98 Å². The van der Waals surface area contributed by atoms with Gasteiger partial charge in [0.25, 0.3) is 0 Å². The lowest BCUT2D eigenvalue weighted by molar-refractivity contribution is 0.697. The van der Waals surface area contributed by atoms with Crippen molar-refractivity contribution in [3.05, 3.63) is 23.4 Å². The lowest BCUT2D eigenvalue weighted by atomic mass is 10.0. The van der Waals surface area contributed by atoms with Crippen molar-refractivity contribution in [2.24, 2.45) is 0 Å². The van der Waals surface area contributed by atoms with E-state index in [2.05, 4.69) is 23.3 Å². The predicted molar refractivity (Wildman–Crippen MR) is 68.9 cm³/mol. The SMILES string of the molecule is CCCNc1nc(C2CCCC2)ccc1C#N. The summed E-state index contributed by atoms with van der Waals surface area (Å²) in [5.41, 5.74) is 1.81. The van der Waals surface area contributed by atoms with E-state index >= 15 is 0 Å². The number of aromatic nitrogens is 1. The summed E-state index contributed by atoms with van der Waals surface area (Å²) < 4.78 is 0. The monoisotopic (exact) mass is 229 g/mol. The molecule has 1 aromatic rings. The highest BCUT2D eigenvalue weighted by Gasteiger charge is 2.19. The quantitative estimate of drug-likeness (QED) is 0.860. The van der Waals surface area contributed by atoms with Gasteiger partial charge in [-0.15, -0.1) is 0 Å². The highest BCUT2D eigenvalue weighted by molar-refractivity contribution is 5.52. The zero-order chi connectivity index (χ0) is 12.1. The number of anilines is 1. The van der Waals surface area contributed by atoms with Crippen molar-refractivity contribution < 1.29 is 0 Å². The lowest BCUT2D eigenvalue weighted by Gasteiger charge is -2.12. The fraction of sp³-hybridized carbons (Fsp3) is 0.571. The molecule has 0 unspecified atom stereocenters. The molecule has 1 aromatic heterocycles. The maximum absolute atomic E-state index is 9.04. The Morgan fingerprint density at radius 1 is 1.41 bits per heavy atom. The first-order valence-corrected chi connectivity index (χ1v) is 6.50. The summed E-state index contributed by atoms with van der Waals surface area (Å²) in [5.74, 6) is 1.36. The van der Waals surface area contributed by atoms with Gasteiger partial charge in [-0.3, -0.25) is 0 Å². The molecule has 1 fully saturated rings. The smallest absolute Gasteiger partial charge is 0.144 e. The molecular weight excluding hydrogens is 210 g/mol. The van der Waals surface area contributed by atoms with Crippen LogP contribution in [0.1, 0.15) is 56.2 Å². The van der Waals surface area contributed by atoms with Gasteiger partial charge in [-0.1, -0.05) is 19.8 Å². The number of rotatable bonds is 4. The van der Waals surface area contributed by atoms with Crippen molar-refractivity contribution in [2.45, 2.75) is 44.9 Å². The van der Waals surface area contributed by atoms with Gasteiger partial charge in [-0.05, 0) is 31.4 Å². The third-order valence-electron chi connectivity index (χ3n) is 3.35. The van der Waals surface area contributed by atoms with Crippen LogP contribution in [0.2, 0.25) is 0 Å². The Kier molecular flexibility index (Phi) is 3.98. The number of pyridine rings is 1. The van der Waals surface area contributed by atoms with Crippen LogP contribution in [0.5, 0.6) is 0 Å². The first-order chi connectivity index (χ1) is 8.35. The van der Waals surface area contributed by atoms with Crippen LogP contribution in [-0.4, -0.2) is 11.5 Å². The van der Waals surface area contributed by atoms with Gasteiger partial charge in [-0.2, -0.15) is 5.26 Å². The van der Waals surface area contributed by atoms with Gasteiger partial charge in [0.05, 0.1) is 5.56 Å². The van der Waals surface area contributed by atoms with Gasteiger partial charge in [-0.25, -0.2) is 4.98 Å². The minimum Gasteiger partial charge on any atom is -0.369 e. The second-order valence-corrected chi connectivity index (χ2v) is 4.65. The Bertz CT molecular complexity index is 414. The van der Waals surface area contributed by atoms with Crippen LogP contribution >= 0.6 is 0 Å². The summed E-state index contributed by atoms with van der Waals surface area (Å²) in [6.45, 7) is 2.98. The molecule has 0 amide bonds. The lowest BCUT2D eigenvalue weighted by Crippen LogP contribution is -2.07. The number of hydrogen-bond acceptors (Lipinski definition) is 3.